The van der Waals surface area contributed by atoms with Crippen molar-refractivity contribution >= 4 is 5.91 Å². The molecule has 0 aromatic heterocycles. The lowest BCUT2D eigenvalue weighted by atomic mass is 9.84. The molecule has 0 fully saturated rings. The molecule has 0 spiro atoms. The van der Waals surface area contributed by atoms with Crippen molar-refractivity contribution in [3.63, 3.8) is 0 Å². The first-order chi connectivity index (χ1) is 9.35. The maximum absolute atomic E-state index is 12.0. The van der Waals surface area contributed by atoms with Crippen LogP contribution in [0.15, 0.2) is 24.3 Å². The van der Waals surface area contributed by atoms with Crippen LogP contribution in [-0.4, -0.2) is 12.5 Å². The summed E-state index contributed by atoms with van der Waals surface area (Å²) in [4.78, 5) is 12.0. The highest BCUT2D eigenvalue weighted by atomic mass is 16.1. The van der Waals surface area contributed by atoms with Gasteiger partial charge in [-0.05, 0) is 49.8 Å². The van der Waals surface area contributed by atoms with Crippen molar-refractivity contribution in [2.45, 2.75) is 53.0 Å². The Balaban J connectivity index is 2.49. The number of hydrogen-bond acceptors (Lipinski definition) is 2. The predicted molar refractivity (Wildman–Crippen MR) is 84.4 cm³/mol. The number of benzene rings is 1. The first-order valence-corrected chi connectivity index (χ1v) is 7.41. The Morgan fingerprint density at radius 2 is 1.95 bits per heavy atom. The summed E-state index contributed by atoms with van der Waals surface area (Å²) in [6, 6.07) is 8.22. The molecule has 3 heteroatoms. The van der Waals surface area contributed by atoms with Gasteiger partial charge >= 0.3 is 0 Å². The van der Waals surface area contributed by atoms with Crippen molar-refractivity contribution in [1.29, 1.82) is 0 Å². The van der Waals surface area contributed by atoms with Crippen LogP contribution in [0.5, 0.6) is 0 Å². The summed E-state index contributed by atoms with van der Waals surface area (Å²) in [5, 5.41) is 3.08. The number of aryl methyl sites for hydroxylation is 1. The molecule has 0 aliphatic carbocycles. The molecule has 0 bridgehead atoms. The van der Waals surface area contributed by atoms with Gasteiger partial charge in [0, 0.05) is 6.42 Å². The van der Waals surface area contributed by atoms with Crippen molar-refractivity contribution in [1.82, 2.24) is 5.32 Å². The fourth-order valence-electron chi connectivity index (χ4n) is 2.43. The highest BCUT2D eigenvalue weighted by Crippen LogP contribution is 2.26. The fourth-order valence-corrected chi connectivity index (χ4v) is 2.43. The molecule has 1 aromatic carbocycles. The fraction of sp³-hybridized carbons (Fsp3) is 0.588. The average molecular weight is 276 g/mol. The standard InChI is InChI=1S/C17H28N2O/c1-13-7-5-6-8-15(13)14(2)19-16(20)9-10-17(3,4)11-12-18/h5-8,14H,9-12,18H2,1-4H3,(H,19,20). The van der Waals surface area contributed by atoms with Crippen LogP contribution in [0.1, 0.15) is 57.2 Å². The Morgan fingerprint density at radius 3 is 2.55 bits per heavy atom. The topological polar surface area (TPSA) is 55.1 Å². The molecule has 20 heavy (non-hydrogen) atoms. The van der Waals surface area contributed by atoms with Crippen LogP contribution in [0.3, 0.4) is 0 Å². The molecule has 112 valence electrons. The molecule has 1 aromatic rings. The summed E-state index contributed by atoms with van der Waals surface area (Å²) < 4.78 is 0. The van der Waals surface area contributed by atoms with E-state index in [2.05, 4.69) is 38.2 Å². The van der Waals surface area contributed by atoms with Crippen LogP contribution < -0.4 is 11.1 Å². The third kappa shape index (κ3) is 5.33. The second-order valence-corrected chi connectivity index (χ2v) is 6.35. The smallest absolute Gasteiger partial charge is 0.220 e. The largest absolute Gasteiger partial charge is 0.350 e. The molecule has 0 aliphatic rings. The summed E-state index contributed by atoms with van der Waals surface area (Å²) in [5.74, 6) is 0.117. The normalized spacial score (nSPS) is 13.1. The highest BCUT2D eigenvalue weighted by Gasteiger charge is 2.19. The number of amides is 1. The van der Waals surface area contributed by atoms with E-state index in [4.69, 9.17) is 5.73 Å². The third-order valence-corrected chi connectivity index (χ3v) is 3.88. The zero-order chi connectivity index (χ0) is 15.2. The molecule has 0 aliphatic heterocycles. The van der Waals surface area contributed by atoms with Crippen molar-refractivity contribution < 1.29 is 4.79 Å². The highest BCUT2D eigenvalue weighted by molar-refractivity contribution is 5.76. The Kier molecular flexibility index (Phi) is 6.21. The monoisotopic (exact) mass is 276 g/mol. The van der Waals surface area contributed by atoms with Gasteiger partial charge in [0.05, 0.1) is 6.04 Å². The zero-order valence-electron chi connectivity index (χ0n) is 13.2. The molecule has 1 unspecified atom stereocenters. The summed E-state index contributed by atoms with van der Waals surface area (Å²) in [6.07, 6.45) is 2.38. The van der Waals surface area contributed by atoms with Gasteiger partial charge < -0.3 is 11.1 Å². The minimum absolute atomic E-state index is 0.0568. The average Bonchev–Trinajstić information content (AvgIpc) is 2.37. The van der Waals surface area contributed by atoms with Gasteiger partial charge in [0.2, 0.25) is 5.91 Å². The van der Waals surface area contributed by atoms with E-state index in [9.17, 15) is 4.79 Å². The zero-order valence-corrected chi connectivity index (χ0v) is 13.2. The van der Waals surface area contributed by atoms with Gasteiger partial charge in [0.25, 0.3) is 0 Å². The number of rotatable bonds is 7. The van der Waals surface area contributed by atoms with E-state index in [0.29, 0.717) is 13.0 Å². The van der Waals surface area contributed by atoms with E-state index in [0.717, 1.165) is 12.8 Å². The van der Waals surface area contributed by atoms with E-state index < -0.39 is 0 Å². The van der Waals surface area contributed by atoms with Crippen LogP contribution in [0, 0.1) is 12.3 Å². The van der Waals surface area contributed by atoms with E-state index in [1.54, 1.807) is 0 Å². The van der Waals surface area contributed by atoms with E-state index in [1.165, 1.54) is 11.1 Å². The van der Waals surface area contributed by atoms with Gasteiger partial charge in [-0.15, -0.1) is 0 Å². The first kappa shape index (κ1) is 16.7. The lowest BCUT2D eigenvalue weighted by Crippen LogP contribution is -2.28. The minimum Gasteiger partial charge on any atom is -0.350 e. The second kappa shape index (κ2) is 7.44. The summed E-state index contributed by atoms with van der Waals surface area (Å²) in [6.45, 7) is 9.11. The Bertz CT molecular complexity index is 440. The second-order valence-electron chi connectivity index (χ2n) is 6.35. The Hall–Kier alpha value is -1.35. The molecule has 3 N–H and O–H groups in total. The van der Waals surface area contributed by atoms with Crippen LogP contribution in [0.2, 0.25) is 0 Å². The maximum Gasteiger partial charge on any atom is 0.220 e. The van der Waals surface area contributed by atoms with Crippen molar-refractivity contribution in [3.05, 3.63) is 35.4 Å². The maximum atomic E-state index is 12.0. The lowest BCUT2D eigenvalue weighted by molar-refractivity contribution is -0.122. The molecule has 0 saturated carbocycles. The molecular formula is C17H28N2O. The predicted octanol–water partition coefficient (Wildman–Crippen LogP) is 3.33. The molecule has 0 saturated heterocycles. The molecule has 1 rings (SSSR count). The van der Waals surface area contributed by atoms with Crippen LogP contribution >= 0.6 is 0 Å². The van der Waals surface area contributed by atoms with E-state index >= 15 is 0 Å². The van der Waals surface area contributed by atoms with Gasteiger partial charge in [0.15, 0.2) is 0 Å². The molecule has 1 atom stereocenters. The van der Waals surface area contributed by atoms with Crippen molar-refractivity contribution in [2.24, 2.45) is 11.1 Å². The SMILES string of the molecule is Cc1ccccc1C(C)NC(=O)CCC(C)(C)CCN. The molecule has 1 amide bonds. The quantitative estimate of drug-likeness (QED) is 0.802. The number of carbonyl (C=O) groups excluding carboxylic acids is 1. The number of carbonyl (C=O) groups is 1. The summed E-state index contributed by atoms with van der Waals surface area (Å²) in [5.41, 5.74) is 8.13. The van der Waals surface area contributed by atoms with Crippen molar-refractivity contribution in [3.8, 4) is 0 Å². The number of hydrogen-bond donors (Lipinski definition) is 2. The Morgan fingerprint density at radius 1 is 1.30 bits per heavy atom. The third-order valence-electron chi connectivity index (χ3n) is 3.88. The summed E-state index contributed by atoms with van der Waals surface area (Å²) >= 11 is 0. The van der Waals surface area contributed by atoms with Gasteiger partial charge in [0.1, 0.15) is 0 Å². The van der Waals surface area contributed by atoms with Crippen LogP contribution in [0.25, 0.3) is 0 Å². The van der Waals surface area contributed by atoms with Gasteiger partial charge in [-0.3, -0.25) is 4.79 Å². The van der Waals surface area contributed by atoms with Crippen LogP contribution in [-0.2, 0) is 4.79 Å². The van der Waals surface area contributed by atoms with Crippen LogP contribution in [0.4, 0.5) is 0 Å². The van der Waals surface area contributed by atoms with Gasteiger partial charge in [-0.25, -0.2) is 0 Å². The number of nitrogens with one attached hydrogen (secondary N) is 1. The minimum atomic E-state index is 0.0568. The first-order valence-electron chi connectivity index (χ1n) is 7.41. The van der Waals surface area contributed by atoms with Gasteiger partial charge in [-0.2, -0.15) is 0 Å². The molecule has 0 heterocycles. The molecular weight excluding hydrogens is 248 g/mol. The van der Waals surface area contributed by atoms with Crippen molar-refractivity contribution in [2.75, 3.05) is 6.54 Å². The van der Waals surface area contributed by atoms with Gasteiger partial charge in [-0.1, -0.05) is 38.1 Å². The van der Waals surface area contributed by atoms with E-state index in [1.807, 2.05) is 19.1 Å². The number of nitrogens with two attached hydrogens (primary N) is 1. The lowest BCUT2D eigenvalue weighted by Gasteiger charge is -2.24. The molecule has 3 nitrogen and oxygen atoms in total. The molecule has 0 radical (unpaired) electrons. The van der Waals surface area contributed by atoms with E-state index in [-0.39, 0.29) is 17.4 Å². The summed E-state index contributed by atoms with van der Waals surface area (Å²) in [7, 11) is 0. The Labute approximate surface area is 122 Å².